The van der Waals surface area contributed by atoms with Gasteiger partial charge in [0, 0.05) is 12.1 Å². The van der Waals surface area contributed by atoms with E-state index in [4.69, 9.17) is 10.5 Å². The molecule has 4 N–H and O–H groups in total. The monoisotopic (exact) mass is 237 g/mol. The summed E-state index contributed by atoms with van der Waals surface area (Å²) in [5, 5.41) is 5.40. The van der Waals surface area contributed by atoms with Crippen LogP contribution in [0.2, 0.25) is 0 Å². The smallest absolute Gasteiger partial charge is 0.319 e. The van der Waals surface area contributed by atoms with Crippen molar-refractivity contribution in [3.05, 3.63) is 24.3 Å². The number of methoxy groups -OCH3 is 1. The Bertz CT molecular complexity index is 386. The largest absolute Gasteiger partial charge is 0.495 e. The van der Waals surface area contributed by atoms with Gasteiger partial charge in [0.25, 0.3) is 0 Å². The van der Waals surface area contributed by atoms with Crippen LogP contribution in [0.4, 0.5) is 10.5 Å². The Hall–Kier alpha value is -1.75. The summed E-state index contributed by atoms with van der Waals surface area (Å²) in [6.45, 7) is 4.08. The molecule has 1 aromatic carbocycles. The number of nitrogens with one attached hydrogen (secondary N) is 2. The van der Waals surface area contributed by atoms with Crippen molar-refractivity contribution in [2.24, 2.45) is 5.73 Å². The molecule has 1 aromatic rings. The van der Waals surface area contributed by atoms with Gasteiger partial charge in [-0.2, -0.15) is 0 Å². The fourth-order valence-corrected chi connectivity index (χ4v) is 1.22. The topological polar surface area (TPSA) is 76.4 Å². The molecule has 5 heteroatoms. The van der Waals surface area contributed by atoms with E-state index in [1.54, 1.807) is 19.2 Å². The number of anilines is 1. The van der Waals surface area contributed by atoms with Crippen LogP contribution in [-0.2, 0) is 0 Å². The minimum Gasteiger partial charge on any atom is -0.495 e. The molecule has 0 spiro atoms. The number of urea groups is 1. The number of rotatable bonds is 4. The maximum absolute atomic E-state index is 11.6. The van der Waals surface area contributed by atoms with E-state index in [0.29, 0.717) is 18.0 Å². The Labute approximate surface area is 101 Å². The van der Waals surface area contributed by atoms with Crippen molar-refractivity contribution in [2.75, 3.05) is 19.0 Å². The molecule has 0 fully saturated rings. The zero-order chi connectivity index (χ0) is 12.9. The number of ether oxygens (including phenoxy) is 1. The minimum absolute atomic E-state index is 0.298. The molecule has 0 aliphatic rings. The highest BCUT2D eigenvalue weighted by atomic mass is 16.5. The van der Waals surface area contributed by atoms with E-state index in [0.717, 1.165) is 0 Å². The molecule has 1 rings (SSSR count). The molecular formula is C12H19N3O2. The Morgan fingerprint density at radius 1 is 1.41 bits per heavy atom. The Balaban J connectivity index is 2.56. The third-order valence-corrected chi connectivity index (χ3v) is 2.06. The summed E-state index contributed by atoms with van der Waals surface area (Å²) in [7, 11) is 1.56. The molecule has 0 aliphatic carbocycles. The van der Waals surface area contributed by atoms with Gasteiger partial charge < -0.3 is 21.1 Å². The highest BCUT2D eigenvalue weighted by Gasteiger charge is 2.12. The number of para-hydroxylation sites is 2. The van der Waals surface area contributed by atoms with Crippen LogP contribution in [0.5, 0.6) is 5.75 Å². The molecule has 0 atom stereocenters. The van der Waals surface area contributed by atoms with Crippen LogP contribution in [0, 0.1) is 0 Å². The van der Waals surface area contributed by atoms with E-state index >= 15 is 0 Å². The number of carbonyl (C=O) groups is 1. The van der Waals surface area contributed by atoms with Gasteiger partial charge in [-0.15, -0.1) is 0 Å². The summed E-state index contributed by atoms with van der Waals surface area (Å²) >= 11 is 0. The summed E-state index contributed by atoms with van der Waals surface area (Å²) in [4.78, 5) is 11.6. The van der Waals surface area contributed by atoms with Gasteiger partial charge in [-0.25, -0.2) is 4.79 Å². The normalized spacial score (nSPS) is 10.8. The predicted molar refractivity (Wildman–Crippen MR) is 68.3 cm³/mol. The second kappa shape index (κ2) is 5.54. The molecular weight excluding hydrogens is 218 g/mol. The first kappa shape index (κ1) is 13.3. The summed E-state index contributed by atoms with van der Waals surface area (Å²) in [5.74, 6) is 0.620. The lowest BCUT2D eigenvalue weighted by molar-refractivity contribution is 0.249. The SMILES string of the molecule is COc1ccccc1NC(=O)NCC(C)(C)N. The average Bonchev–Trinajstić information content (AvgIpc) is 2.26. The number of hydrogen-bond donors (Lipinski definition) is 3. The first-order chi connectivity index (χ1) is 7.92. The second-order valence-electron chi connectivity index (χ2n) is 4.50. The van der Waals surface area contributed by atoms with Crippen LogP contribution in [0.1, 0.15) is 13.8 Å². The van der Waals surface area contributed by atoms with Crippen molar-refractivity contribution in [2.45, 2.75) is 19.4 Å². The molecule has 2 amide bonds. The highest BCUT2D eigenvalue weighted by molar-refractivity contribution is 5.90. The lowest BCUT2D eigenvalue weighted by Gasteiger charge is -2.19. The molecule has 0 unspecified atom stereocenters. The van der Waals surface area contributed by atoms with Crippen LogP contribution in [0.15, 0.2) is 24.3 Å². The third-order valence-electron chi connectivity index (χ3n) is 2.06. The quantitative estimate of drug-likeness (QED) is 0.743. The fourth-order valence-electron chi connectivity index (χ4n) is 1.22. The zero-order valence-electron chi connectivity index (χ0n) is 10.4. The van der Waals surface area contributed by atoms with E-state index in [1.165, 1.54) is 0 Å². The number of nitrogens with two attached hydrogens (primary N) is 1. The molecule has 0 saturated carbocycles. The van der Waals surface area contributed by atoms with Crippen molar-refractivity contribution in [3.8, 4) is 5.75 Å². The standard InChI is InChI=1S/C12H19N3O2/c1-12(2,13)8-14-11(16)15-9-6-4-5-7-10(9)17-3/h4-7H,8,13H2,1-3H3,(H2,14,15,16). The lowest BCUT2D eigenvalue weighted by Crippen LogP contribution is -2.46. The van der Waals surface area contributed by atoms with Gasteiger partial charge in [0.05, 0.1) is 12.8 Å². The van der Waals surface area contributed by atoms with Gasteiger partial charge in [-0.3, -0.25) is 0 Å². The molecule has 17 heavy (non-hydrogen) atoms. The average molecular weight is 237 g/mol. The number of hydrogen-bond acceptors (Lipinski definition) is 3. The van der Waals surface area contributed by atoms with Crippen molar-refractivity contribution in [1.82, 2.24) is 5.32 Å². The predicted octanol–water partition coefficient (Wildman–Crippen LogP) is 1.55. The van der Waals surface area contributed by atoms with Gasteiger partial charge in [0.1, 0.15) is 5.75 Å². The molecule has 0 radical (unpaired) electrons. The van der Waals surface area contributed by atoms with E-state index in [9.17, 15) is 4.79 Å². The summed E-state index contributed by atoms with van der Waals surface area (Å²) in [6, 6.07) is 6.91. The van der Waals surface area contributed by atoms with Gasteiger partial charge >= 0.3 is 6.03 Å². The first-order valence-corrected chi connectivity index (χ1v) is 5.39. The Morgan fingerprint density at radius 3 is 2.65 bits per heavy atom. The summed E-state index contributed by atoms with van der Waals surface area (Å²) < 4.78 is 5.12. The molecule has 0 bridgehead atoms. The number of carbonyl (C=O) groups excluding carboxylic acids is 1. The van der Waals surface area contributed by atoms with Crippen LogP contribution in [0.3, 0.4) is 0 Å². The van der Waals surface area contributed by atoms with Crippen molar-refractivity contribution in [3.63, 3.8) is 0 Å². The summed E-state index contributed by atoms with van der Waals surface area (Å²) in [6.07, 6.45) is 0. The highest BCUT2D eigenvalue weighted by Crippen LogP contribution is 2.22. The summed E-state index contributed by atoms with van der Waals surface area (Å²) in [5.41, 5.74) is 5.96. The fraction of sp³-hybridized carbons (Fsp3) is 0.417. The first-order valence-electron chi connectivity index (χ1n) is 5.39. The lowest BCUT2D eigenvalue weighted by atomic mass is 10.1. The second-order valence-corrected chi connectivity index (χ2v) is 4.50. The third kappa shape index (κ3) is 4.74. The number of amides is 2. The molecule has 0 aromatic heterocycles. The van der Waals surface area contributed by atoms with Crippen LogP contribution >= 0.6 is 0 Å². The van der Waals surface area contributed by atoms with E-state index in [2.05, 4.69) is 10.6 Å². The maximum atomic E-state index is 11.6. The van der Waals surface area contributed by atoms with Gasteiger partial charge in [-0.05, 0) is 26.0 Å². The molecule has 0 saturated heterocycles. The Morgan fingerprint density at radius 2 is 2.06 bits per heavy atom. The van der Waals surface area contributed by atoms with Gasteiger partial charge in [0.15, 0.2) is 0 Å². The van der Waals surface area contributed by atoms with E-state index in [-0.39, 0.29) is 6.03 Å². The maximum Gasteiger partial charge on any atom is 0.319 e. The van der Waals surface area contributed by atoms with Gasteiger partial charge in [-0.1, -0.05) is 12.1 Å². The van der Waals surface area contributed by atoms with Crippen molar-refractivity contribution in [1.29, 1.82) is 0 Å². The molecule has 5 nitrogen and oxygen atoms in total. The molecule has 94 valence electrons. The van der Waals surface area contributed by atoms with Crippen LogP contribution in [-0.4, -0.2) is 25.2 Å². The zero-order valence-corrected chi connectivity index (χ0v) is 10.4. The molecule has 0 heterocycles. The molecule has 0 aliphatic heterocycles. The Kier molecular flexibility index (Phi) is 4.34. The van der Waals surface area contributed by atoms with Crippen LogP contribution in [0.25, 0.3) is 0 Å². The van der Waals surface area contributed by atoms with Crippen molar-refractivity contribution >= 4 is 11.7 Å². The van der Waals surface area contributed by atoms with E-state index < -0.39 is 5.54 Å². The van der Waals surface area contributed by atoms with E-state index in [1.807, 2.05) is 26.0 Å². The van der Waals surface area contributed by atoms with Gasteiger partial charge in [0.2, 0.25) is 0 Å². The number of benzene rings is 1. The van der Waals surface area contributed by atoms with Crippen LogP contribution < -0.4 is 21.1 Å². The minimum atomic E-state index is -0.432. The van der Waals surface area contributed by atoms with Crippen molar-refractivity contribution < 1.29 is 9.53 Å².